The van der Waals surface area contributed by atoms with Crippen LogP contribution in [0.5, 0.6) is 0 Å². The number of hydrogen-bond acceptors (Lipinski definition) is 0. The van der Waals surface area contributed by atoms with Gasteiger partial charge in [0.1, 0.15) is 0 Å². The van der Waals surface area contributed by atoms with Gasteiger partial charge in [0.15, 0.2) is 0 Å². The van der Waals surface area contributed by atoms with E-state index in [-0.39, 0.29) is 0 Å². The van der Waals surface area contributed by atoms with Crippen molar-refractivity contribution in [3.8, 4) is 0 Å². The molecule has 0 nitrogen and oxygen atoms in total. The van der Waals surface area contributed by atoms with Crippen LogP contribution in [0.1, 0.15) is 13.8 Å². The first-order valence-electron chi connectivity index (χ1n) is 1.81. The Hall–Kier alpha value is 0. The molecule has 0 unspecified atom stereocenters. The SMILES string of the molecule is CC=C=C(C)Br. The second kappa shape index (κ2) is 3.20. The fraction of sp³-hybridized carbons (Fsp3) is 0.400. The maximum atomic E-state index is 3.21. The van der Waals surface area contributed by atoms with E-state index in [4.69, 9.17) is 0 Å². The van der Waals surface area contributed by atoms with E-state index in [1.807, 2.05) is 19.9 Å². The van der Waals surface area contributed by atoms with Crippen LogP contribution in [-0.2, 0) is 0 Å². The molecular formula is C5H7Br. The molecule has 0 amide bonds. The number of halogens is 1. The molecule has 0 saturated heterocycles. The van der Waals surface area contributed by atoms with Crippen LogP contribution in [0.25, 0.3) is 0 Å². The molecule has 0 aromatic heterocycles. The molecule has 0 fully saturated rings. The first kappa shape index (κ1) is 6.00. The molecule has 0 aliphatic carbocycles. The highest BCUT2D eigenvalue weighted by Crippen LogP contribution is 1.96. The molecule has 0 saturated carbocycles. The van der Waals surface area contributed by atoms with Crippen molar-refractivity contribution in [3.05, 3.63) is 16.3 Å². The first-order chi connectivity index (χ1) is 2.77. The smallest absolute Gasteiger partial charge is 0.0334 e. The van der Waals surface area contributed by atoms with Crippen molar-refractivity contribution in [1.82, 2.24) is 0 Å². The van der Waals surface area contributed by atoms with Gasteiger partial charge in [-0.1, -0.05) is 0 Å². The molecule has 0 spiro atoms. The Kier molecular flexibility index (Phi) is 3.20. The lowest BCUT2D eigenvalue weighted by Gasteiger charge is -1.67. The molecule has 34 valence electrons. The van der Waals surface area contributed by atoms with Crippen LogP contribution in [0.3, 0.4) is 0 Å². The van der Waals surface area contributed by atoms with Crippen LogP contribution in [0.4, 0.5) is 0 Å². The van der Waals surface area contributed by atoms with Gasteiger partial charge >= 0.3 is 0 Å². The zero-order valence-electron chi connectivity index (χ0n) is 3.96. The molecule has 0 aliphatic heterocycles. The van der Waals surface area contributed by atoms with Gasteiger partial charge in [-0.25, -0.2) is 0 Å². The molecule has 0 bridgehead atoms. The highest BCUT2D eigenvalue weighted by atomic mass is 79.9. The van der Waals surface area contributed by atoms with E-state index in [9.17, 15) is 0 Å². The summed E-state index contributed by atoms with van der Waals surface area (Å²) in [7, 11) is 0. The zero-order chi connectivity index (χ0) is 4.99. The van der Waals surface area contributed by atoms with Gasteiger partial charge in [-0.2, -0.15) is 0 Å². The molecule has 0 rings (SSSR count). The molecule has 0 atom stereocenters. The third kappa shape index (κ3) is 4.00. The Balaban J connectivity index is 3.73. The van der Waals surface area contributed by atoms with Crippen molar-refractivity contribution in [2.24, 2.45) is 0 Å². The van der Waals surface area contributed by atoms with Gasteiger partial charge in [0.2, 0.25) is 0 Å². The highest BCUT2D eigenvalue weighted by Gasteiger charge is 1.63. The van der Waals surface area contributed by atoms with Crippen LogP contribution in [-0.4, -0.2) is 0 Å². The van der Waals surface area contributed by atoms with Crippen molar-refractivity contribution in [3.63, 3.8) is 0 Å². The molecular weight excluding hydrogens is 140 g/mol. The molecule has 0 aromatic rings. The second-order valence-corrected chi connectivity index (χ2v) is 2.16. The van der Waals surface area contributed by atoms with Crippen LogP contribution in [0.2, 0.25) is 0 Å². The van der Waals surface area contributed by atoms with E-state index in [1.54, 1.807) is 0 Å². The van der Waals surface area contributed by atoms with E-state index < -0.39 is 0 Å². The molecule has 0 heterocycles. The lowest BCUT2D eigenvalue weighted by Crippen LogP contribution is -1.41. The van der Waals surface area contributed by atoms with Crippen LogP contribution >= 0.6 is 15.9 Å². The second-order valence-electron chi connectivity index (χ2n) is 0.966. The maximum Gasteiger partial charge on any atom is 0.0334 e. The summed E-state index contributed by atoms with van der Waals surface area (Å²) in [5.74, 6) is 0. The monoisotopic (exact) mass is 146 g/mol. The first-order valence-corrected chi connectivity index (χ1v) is 2.60. The summed E-state index contributed by atoms with van der Waals surface area (Å²) in [6, 6.07) is 0. The summed E-state index contributed by atoms with van der Waals surface area (Å²) in [5, 5.41) is 0. The van der Waals surface area contributed by atoms with E-state index in [0.717, 1.165) is 4.48 Å². The van der Waals surface area contributed by atoms with E-state index >= 15 is 0 Å². The summed E-state index contributed by atoms with van der Waals surface area (Å²) in [6.07, 6.45) is 1.87. The minimum absolute atomic E-state index is 1.05. The predicted octanol–water partition coefficient (Wildman–Crippen LogP) is 2.46. The molecule has 0 radical (unpaired) electrons. The Morgan fingerprint density at radius 2 is 2.33 bits per heavy atom. The third-order valence-corrected chi connectivity index (χ3v) is 0.572. The fourth-order valence-corrected chi connectivity index (χ4v) is 0.428. The normalized spacial score (nSPS) is 6.50. The van der Waals surface area contributed by atoms with E-state index in [1.165, 1.54) is 0 Å². The average Bonchev–Trinajstić information content (AvgIpc) is 1.35. The summed E-state index contributed by atoms with van der Waals surface area (Å²) in [4.78, 5) is 0. The maximum absolute atomic E-state index is 3.21. The summed E-state index contributed by atoms with van der Waals surface area (Å²) in [6.45, 7) is 3.88. The standard InChI is InChI=1S/C5H7Br/c1-3-4-5(2)6/h3H,1-2H3. The lowest BCUT2D eigenvalue weighted by atomic mass is 10.6. The minimum atomic E-state index is 1.05. The zero-order valence-corrected chi connectivity index (χ0v) is 5.54. The molecule has 1 heteroatoms. The van der Waals surface area contributed by atoms with Gasteiger partial charge in [-0.3, -0.25) is 0 Å². The number of allylic oxidation sites excluding steroid dienone is 1. The van der Waals surface area contributed by atoms with E-state index in [0.29, 0.717) is 0 Å². The Labute approximate surface area is 46.7 Å². The van der Waals surface area contributed by atoms with Crippen molar-refractivity contribution >= 4 is 15.9 Å². The molecule has 0 aromatic carbocycles. The summed E-state index contributed by atoms with van der Waals surface area (Å²) >= 11 is 3.21. The quantitative estimate of drug-likeness (QED) is 0.461. The highest BCUT2D eigenvalue weighted by molar-refractivity contribution is 9.11. The number of hydrogen-bond donors (Lipinski definition) is 0. The topological polar surface area (TPSA) is 0 Å². The predicted molar refractivity (Wildman–Crippen MR) is 31.9 cm³/mol. The van der Waals surface area contributed by atoms with Crippen molar-refractivity contribution < 1.29 is 0 Å². The Morgan fingerprint density at radius 3 is 2.33 bits per heavy atom. The van der Waals surface area contributed by atoms with Gasteiger partial charge in [-0.15, -0.1) is 5.73 Å². The Bertz CT molecular complexity index is 82.1. The van der Waals surface area contributed by atoms with Crippen LogP contribution in [0, 0.1) is 0 Å². The summed E-state index contributed by atoms with van der Waals surface area (Å²) < 4.78 is 1.05. The van der Waals surface area contributed by atoms with Gasteiger partial charge in [0, 0.05) is 4.48 Å². The lowest BCUT2D eigenvalue weighted by molar-refractivity contribution is 1.68. The summed E-state index contributed by atoms with van der Waals surface area (Å²) in [5.41, 5.74) is 2.92. The molecule has 6 heavy (non-hydrogen) atoms. The van der Waals surface area contributed by atoms with E-state index in [2.05, 4.69) is 21.7 Å². The molecule has 0 N–H and O–H groups in total. The van der Waals surface area contributed by atoms with Crippen LogP contribution in [0.15, 0.2) is 16.3 Å². The van der Waals surface area contributed by atoms with Gasteiger partial charge in [0.25, 0.3) is 0 Å². The van der Waals surface area contributed by atoms with Gasteiger partial charge in [0.05, 0.1) is 0 Å². The molecule has 0 aliphatic rings. The average molecular weight is 147 g/mol. The van der Waals surface area contributed by atoms with Crippen molar-refractivity contribution in [1.29, 1.82) is 0 Å². The minimum Gasteiger partial charge on any atom is -0.115 e. The Morgan fingerprint density at radius 1 is 1.83 bits per heavy atom. The van der Waals surface area contributed by atoms with Gasteiger partial charge < -0.3 is 0 Å². The van der Waals surface area contributed by atoms with Crippen LogP contribution < -0.4 is 0 Å². The van der Waals surface area contributed by atoms with Gasteiger partial charge in [-0.05, 0) is 35.9 Å². The number of rotatable bonds is 0. The largest absolute Gasteiger partial charge is 0.115 e. The fourth-order valence-electron chi connectivity index (χ4n) is 0.199. The van der Waals surface area contributed by atoms with Crippen molar-refractivity contribution in [2.45, 2.75) is 13.8 Å². The third-order valence-electron chi connectivity index (χ3n) is 0.343. The van der Waals surface area contributed by atoms with Crippen molar-refractivity contribution in [2.75, 3.05) is 0 Å².